The van der Waals surface area contributed by atoms with Gasteiger partial charge in [-0.05, 0) is 37.0 Å². The molecule has 0 bridgehead atoms. The molecule has 1 aliphatic rings. The molecule has 1 N–H and O–H groups in total. The zero-order valence-electron chi connectivity index (χ0n) is 9.53. The van der Waals surface area contributed by atoms with Crippen molar-refractivity contribution in [2.45, 2.75) is 19.8 Å². The minimum atomic E-state index is 0.00585. The van der Waals surface area contributed by atoms with Gasteiger partial charge in [0, 0.05) is 10.4 Å². The molecule has 1 fully saturated rings. The van der Waals surface area contributed by atoms with Gasteiger partial charge in [-0.15, -0.1) is 0 Å². The highest BCUT2D eigenvalue weighted by atomic mass is 79.9. The molecule has 0 saturated heterocycles. The number of carbonyl (C=O) groups is 1. The van der Waals surface area contributed by atoms with Crippen molar-refractivity contribution >= 4 is 27.5 Å². The lowest BCUT2D eigenvalue weighted by Crippen LogP contribution is -2.22. The van der Waals surface area contributed by atoms with Crippen molar-refractivity contribution in [3.05, 3.63) is 28.2 Å². The second-order valence-corrected chi connectivity index (χ2v) is 5.33. The molecule has 1 atom stereocenters. The third kappa shape index (κ3) is 2.86. The van der Waals surface area contributed by atoms with Crippen molar-refractivity contribution in [3.8, 4) is 6.07 Å². The van der Waals surface area contributed by atoms with Gasteiger partial charge in [-0.1, -0.05) is 22.9 Å². The molecule has 1 aliphatic carbocycles. The first-order chi connectivity index (χ1) is 8.11. The van der Waals surface area contributed by atoms with E-state index in [-0.39, 0.29) is 11.8 Å². The smallest absolute Gasteiger partial charge is 0.227 e. The molecule has 0 radical (unpaired) electrons. The zero-order chi connectivity index (χ0) is 12.4. The van der Waals surface area contributed by atoms with Gasteiger partial charge >= 0.3 is 0 Å². The first-order valence-corrected chi connectivity index (χ1v) is 6.41. The summed E-state index contributed by atoms with van der Waals surface area (Å²) in [6.07, 6.45) is 2.28. The number of nitrogens with one attached hydrogen (secondary N) is 1. The number of rotatable bonds is 3. The quantitative estimate of drug-likeness (QED) is 0.929. The predicted molar refractivity (Wildman–Crippen MR) is 69.4 cm³/mol. The lowest BCUT2D eigenvalue weighted by Gasteiger charge is -2.12. The number of nitrogens with zero attached hydrogens (tertiary/aromatic N) is 1. The highest BCUT2D eigenvalue weighted by molar-refractivity contribution is 9.10. The van der Waals surface area contributed by atoms with Gasteiger partial charge in [-0.3, -0.25) is 4.79 Å². The standard InChI is InChI=1S/C13H13BrN2O/c1-8(9-2-3-9)13(17)16-12-5-4-11(14)6-10(12)7-15/h4-6,8-9H,2-3H2,1H3,(H,16,17). The predicted octanol–water partition coefficient (Wildman–Crippen LogP) is 3.31. The molecular weight excluding hydrogens is 280 g/mol. The van der Waals surface area contributed by atoms with E-state index in [0.717, 1.165) is 17.3 Å². The average molecular weight is 293 g/mol. The van der Waals surface area contributed by atoms with Gasteiger partial charge in [-0.25, -0.2) is 0 Å². The summed E-state index contributed by atoms with van der Waals surface area (Å²) >= 11 is 3.30. The number of halogens is 1. The molecule has 0 heterocycles. The van der Waals surface area contributed by atoms with E-state index in [9.17, 15) is 4.79 Å². The van der Waals surface area contributed by atoms with Crippen LogP contribution in [0.25, 0.3) is 0 Å². The maximum atomic E-state index is 11.9. The Morgan fingerprint density at radius 3 is 2.88 bits per heavy atom. The summed E-state index contributed by atoms with van der Waals surface area (Å²) < 4.78 is 0.835. The third-order valence-electron chi connectivity index (χ3n) is 3.10. The lowest BCUT2D eigenvalue weighted by atomic mass is 10.1. The van der Waals surface area contributed by atoms with E-state index >= 15 is 0 Å². The van der Waals surface area contributed by atoms with Crippen LogP contribution in [0.15, 0.2) is 22.7 Å². The van der Waals surface area contributed by atoms with E-state index in [1.807, 2.05) is 13.0 Å². The normalized spacial score (nSPS) is 16.1. The summed E-state index contributed by atoms with van der Waals surface area (Å²) in [4.78, 5) is 11.9. The Kier molecular flexibility index (Phi) is 3.49. The van der Waals surface area contributed by atoms with E-state index in [2.05, 4.69) is 27.3 Å². The Balaban J connectivity index is 2.12. The number of carbonyl (C=O) groups excluding carboxylic acids is 1. The molecule has 0 aliphatic heterocycles. The molecule has 1 unspecified atom stereocenters. The van der Waals surface area contributed by atoms with Crippen LogP contribution in [0.2, 0.25) is 0 Å². The van der Waals surface area contributed by atoms with Crippen LogP contribution in [0.5, 0.6) is 0 Å². The topological polar surface area (TPSA) is 52.9 Å². The van der Waals surface area contributed by atoms with Crippen LogP contribution in [-0.4, -0.2) is 5.91 Å². The Hall–Kier alpha value is -1.34. The maximum Gasteiger partial charge on any atom is 0.227 e. The molecule has 3 nitrogen and oxygen atoms in total. The van der Waals surface area contributed by atoms with Gasteiger partial charge in [0.15, 0.2) is 0 Å². The van der Waals surface area contributed by atoms with E-state index < -0.39 is 0 Å². The monoisotopic (exact) mass is 292 g/mol. The molecule has 1 aromatic carbocycles. The Morgan fingerprint density at radius 2 is 2.29 bits per heavy atom. The zero-order valence-corrected chi connectivity index (χ0v) is 11.1. The molecule has 2 rings (SSSR count). The fourth-order valence-electron chi connectivity index (χ4n) is 1.77. The van der Waals surface area contributed by atoms with E-state index in [1.165, 1.54) is 0 Å². The van der Waals surface area contributed by atoms with Crippen molar-refractivity contribution in [1.29, 1.82) is 5.26 Å². The largest absolute Gasteiger partial charge is 0.325 e. The van der Waals surface area contributed by atoms with E-state index in [4.69, 9.17) is 5.26 Å². The summed E-state index contributed by atoms with van der Waals surface area (Å²) in [6.45, 7) is 1.94. The third-order valence-corrected chi connectivity index (χ3v) is 3.60. The summed E-state index contributed by atoms with van der Waals surface area (Å²) in [5.74, 6) is 0.562. The van der Waals surface area contributed by atoms with Crippen LogP contribution in [-0.2, 0) is 4.79 Å². The summed E-state index contributed by atoms with van der Waals surface area (Å²) in [7, 11) is 0. The molecule has 0 spiro atoms. The minimum Gasteiger partial charge on any atom is -0.325 e. The van der Waals surface area contributed by atoms with Crippen LogP contribution < -0.4 is 5.32 Å². The van der Waals surface area contributed by atoms with Crippen molar-refractivity contribution < 1.29 is 4.79 Å². The number of hydrogen-bond donors (Lipinski definition) is 1. The van der Waals surface area contributed by atoms with Gasteiger partial charge in [-0.2, -0.15) is 5.26 Å². The number of amides is 1. The molecule has 1 aromatic rings. The minimum absolute atomic E-state index is 0.00585. The first kappa shape index (κ1) is 12.1. The van der Waals surface area contributed by atoms with E-state index in [0.29, 0.717) is 17.2 Å². The summed E-state index contributed by atoms with van der Waals surface area (Å²) in [5, 5.41) is 11.8. The van der Waals surface area contributed by atoms with Crippen molar-refractivity contribution in [2.24, 2.45) is 11.8 Å². The Labute approximate surface area is 109 Å². The first-order valence-electron chi connectivity index (χ1n) is 5.62. The lowest BCUT2D eigenvalue weighted by molar-refractivity contribution is -0.119. The van der Waals surface area contributed by atoms with Crippen LogP contribution in [0, 0.1) is 23.2 Å². The molecule has 17 heavy (non-hydrogen) atoms. The van der Waals surface area contributed by atoms with Gasteiger partial charge < -0.3 is 5.32 Å². The average Bonchev–Trinajstić information content (AvgIpc) is 3.14. The van der Waals surface area contributed by atoms with Crippen molar-refractivity contribution in [3.63, 3.8) is 0 Å². The van der Waals surface area contributed by atoms with Gasteiger partial charge in [0.2, 0.25) is 5.91 Å². The molecule has 4 heteroatoms. The van der Waals surface area contributed by atoms with Crippen LogP contribution >= 0.6 is 15.9 Å². The summed E-state index contributed by atoms with van der Waals surface area (Å²) in [5.41, 5.74) is 1.07. The van der Waals surface area contributed by atoms with Crippen LogP contribution in [0.3, 0.4) is 0 Å². The van der Waals surface area contributed by atoms with Gasteiger partial charge in [0.25, 0.3) is 0 Å². The second kappa shape index (κ2) is 4.89. The van der Waals surface area contributed by atoms with Crippen molar-refractivity contribution in [1.82, 2.24) is 0 Å². The number of anilines is 1. The molecule has 1 saturated carbocycles. The number of nitriles is 1. The SMILES string of the molecule is CC(C(=O)Nc1ccc(Br)cc1C#N)C1CC1. The summed E-state index contributed by atoms with van der Waals surface area (Å²) in [6, 6.07) is 7.35. The number of hydrogen-bond acceptors (Lipinski definition) is 2. The van der Waals surface area contributed by atoms with Crippen molar-refractivity contribution in [2.75, 3.05) is 5.32 Å². The Bertz CT molecular complexity index is 489. The van der Waals surface area contributed by atoms with Crippen LogP contribution in [0.1, 0.15) is 25.3 Å². The van der Waals surface area contributed by atoms with E-state index in [1.54, 1.807) is 12.1 Å². The fourth-order valence-corrected chi connectivity index (χ4v) is 2.14. The fraction of sp³-hybridized carbons (Fsp3) is 0.385. The molecule has 0 aromatic heterocycles. The molecular formula is C13H13BrN2O. The highest BCUT2D eigenvalue weighted by Gasteiger charge is 2.32. The molecule has 88 valence electrons. The molecule has 1 amide bonds. The highest BCUT2D eigenvalue weighted by Crippen LogP contribution is 2.37. The maximum absolute atomic E-state index is 11.9. The second-order valence-electron chi connectivity index (χ2n) is 4.42. The van der Waals surface area contributed by atoms with Crippen LogP contribution in [0.4, 0.5) is 5.69 Å². The Morgan fingerprint density at radius 1 is 1.59 bits per heavy atom. The van der Waals surface area contributed by atoms with Gasteiger partial charge in [0.1, 0.15) is 6.07 Å². The van der Waals surface area contributed by atoms with Gasteiger partial charge in [0.05, 0.1) is 11.3 Å². The number of benzene rings is 1.